The predicted molar refractivity (Wildman–Crippen MR) is 212 cm³/mol. The van der Waals surface area contributed by atoms with E-state index >= 15 is 0 Å². The van der Waals surface area contributed by atoms with E-state index in [2.05, 4.69) is 79.9 Å². The number of ether oxygens (including phenoxy) is 1. The van der Waals surface area contributed by atoms with Crippen LogP contribution in [-0.4, -0.2) is 64.9 Å². The minimum Gasteiger partial charge on any atom is -0.480 e. The highest BCUT2D eigenvalue weighted by atomic mass is 31.2. The van der Waals surface area contributed by atoms with Gasteiger partial charge in [0.15, 0.2) is 6.04 Å². The maximum atomic E-state index is 12.2. The molecule has 0 bridgehead atoms. The van der Waals surface area contributed by atoms with Gasteiger partial charge >= 0.3 is 19.8 Å². The van der Waals surface area contributed by atoms with E-state index < -0.39 is 57.6 Å². The Bertz CT molecular complexity index is 1130. The van der Waals surface area contributed by atoms with Gasteiger partial charge in [-0.05, 0) is 57.8 Å². The second kappa shape index (κ2) is 36.2. The Hall–Kier alpha value is -2.82. The van der Waals surface area contributed by atoms with Crippen molar-refractivity contribution in [2.45, 2.75) is 161 Å². The first kappa shape index (κ1) is 50.2. The number of carbonyl (C=O) groups excluding carboxylic acids is 2. The Balaban J connectivity index is 3.99. The van der Waals surface area contributed by atoms with Crippen LogP contribution in [-0.2, 0) is 32.7 Å². The molecule has 0 aliphatic rings. The maximum absolute atomic E-state index is 12.2. The smallest absolute Gasteiger partial charge is 0.472 e. The molecular weight excluding hydrogens is 697 g/mol. The number of nitrogens with one attached hydrogen (secondary N) is 1. The normalized spacial score (nSPS) is 14.5. The first-order valence-corrected chi connectivity index (χ1v) is 21.3. The molecule has 53 heavy (non-hydrogen) atoms. The summed E-state index contributed by atoms with van der Waals surface area (Å²) in [5.74, 6) is -2.42. The molecule has 12 heteroatoms. The summed E-state index contributed by atoms with van der Waals surface area (Å²) in [6, 6.07) is -1.55. The SMILES string of the molecule is CC/C=C\C/C=C\C/C=C\C/C=C\C/C=C\CCCCCC(=O)OCC(O)COP(=O)(O)OCC(NC(=O)CCCCCCCCCCCC)C(=O)O. The summed E-state index contributed by atoms with van der Waals surface area (Å²) in [6.07, 6.45) is 39.7. The number of carboxylic acids is 1. The number of esters is 1. The predicted octanol–water partition coefficient (Wildman–Crippen LogP) is 9.61. The van der Waals surface area contributed by atoms with Crippen LogP contribution in [0.4, 0.5) is 0 Å². The van der Waals surface area contributed by atoms with Crippen molar-refractivity contribution < 1.29 is 47.8 Å². The third-order valence-corrected chi connectivity index (χ3v) is 9.02. The number of aliphatic carboxylic acids is 1. The van der Waals surface area contributed by atoms with Crippen LogP contribution in [0.3, 0.4) is 0 Å². The Kier molecular flexibility index (Phi) is 34.2. The van der Waals surface area contributed by atoms with Crippen LogP contribution >= 0.6 is 7.82 Å². The van der Waals surface area contributed by atoms with Crippen molar-refractivity contribution in [3.8, 4) is 0 Å². The van der Waals surface area contributed by atoms with Gasteiger partial charge in [0.2, 0.25) is 5.91 Å². The Morgan fingerprint density at radius 2 is 1.09 bits per heavy atom. The number of phosphoric acid groups is 1. The van der Waals surface area contributed by atoms with Crippen LogP contribution in [0.25, 0.3) is 0 Å². The zero-order valence-electron chi connectivity index (χ0n) is 32.5. The highest BCUT2D eigenvalue weighted by molar-refractivity contribution is 7.47. The lowest BCUT2D eigenvalue weighted by Crippen LogP contribution is -2.43. The van der Waals surface area contributed by atoms with Crippen molar-refractivity contribution in [1.29, 1.82) is 0 Å². The molecule has 0 spiro atoms. The molecule has 0 aliphatic heterocycles. The van der Waals surface area contributed by atoms with Gasteiger partial charge in [-0.15, -0.1) is 0 Å². The molecular formula is C41H70NO10P. The molecule has 3 atom stereocenters. The topological polar surface area (TPSA) is 169 Å². The third kappa shape index (κ3) is 36.0. The molecule has 11 nitrogen and oxygen atoms in total. The van der Waals surface area contributed by atoms with E-state index in [-0.39, 0.29) is 12.8 Å². The number of hydrogen-bond donors (Lipinski definition) is 4. The van der Waals surface area contributed by atoms with E-state index in [1.165, 1.54) is 38.5 Å². The number of amides is 1. The van der Waals surface area contributed by atoms with Crippen molar-refractivity contribution in [3.63, 3.8) is 0 Å². The van der Waals surface area contributed by atoms with Crippen molar-refractivity contribution >= 4 is 25.7 Å². The number of phosphoric ester groups is 1. The lowest BCUT2D eigenvalue weighted by molar-refractivity contribution is -0.147. The van der Waals surface area contributed by atoms with Gasteiger partial charge in [0, 0.05) is 12.8 Å². The van der Waals surface area contributed by atoms with Crippen molar-refractivity contribution in [2.24, 2.45) is 0 Å². The van der Waals surface area contributed by atoms with Crippen LogP contribution in [0.15, 0.2) is 60.8 Å². The average Bonchev–Trinajstić information content (AvgIpc) is 3.13. The number of aliphatic hydroxyl groups is 1. The molecule has 0 saturated heterocycles. The Morgan fingerprint density at radius 3 is 1.64 bits per heavy atom. The largest absolute Gasteiger partial charge is 0.480 e. The summed E-state index contributed by atoms with van der Waals surface area (Å²) in [6.45, 7) is 2.39. The summed E-state index contributed by atoms with van der Waals surface area (Å²) in [7, 11) is -4.76. The van der Waals surface area contributed by atoms with Gasteiger partial charge in [0.1, 0.15) is 12.7 Å². The highest BCUT2D eigenvalue weighted by Gasteiger charge is 2.28. The standard InChI is InChI=1S/C41H70NO10P/c1-3-5-7-9-11-13-15-16-17-18-19-20-21-22-23-25-27-29-31-33-40(45)50-34-37(43)35-51-53(48,49)52-36-38(41(46)47)42-39(44)32-30-28-26-24-14-12-10-8-6-4-2/h5,7,11,13,16-17,19-20,22-23,37-38,43H,3-4,6,8-10,12,14-15,18,21,24-36H2,1-2H3,(H,42,44)(H,46,47)(H,48,49)/b7-5-,13-11-,17-16-,20-19-,23-22-. The van der Waals surface area contributed by atoms with Gasteiger partial charge in [-0.25, -0.2) is 9.36 Å². The molecule has 0 aromatic rings. The summed E-state index contributed by atoms with van der Waals surface area (Å²) in [5, 5.41) is 21.7. The number of hydrogen-bond acceptors (Lipinski definition) is 8. The van der Waals surface area contributed by atoms with E-state index in [1.807, 2.05) is 0 Å². The number of rotatable bonds is 36. The minimum absolute atomic E-state index is 0.142. The van der Waals surface area contributed by atoms with E-state index in [1.54, 1.807) is 0 Å². The molecule has 0 rings (SSSR count). The molecule has 0 heterocycles. The van der Waals surface area contributed by atoms with Crippen LogP contribution in [0.2, 0.25) is 0 Å². The summed E-state index contributed by atoms with van der Waals surface area (Å²) in [5.41, 5.74) is 0. The van der Waals surface area contributed by atoms with Crippen molar-refractivity contribution in [3.05, 3.63) is 60.8 Å². The zero-order chi connectivity index (χ0) is 39.3. The quantitative estimate of drug-likeness (QED) is 0.0208. The Morgan fingerprint density at radius 1 is 0.623 bits per heavy atom. The Labute approximate surface area is 319 Å². The van der Waals surface area contributed by atoms with Gasteiger partial charge in [-0.3, -0.25) is 18.6 Å². The van der Waals surface area contributed by atoms with Crippen LogP contribution in [0, 0.1) is 0 Å². The van der Waals surface area contributed by atoms with Crippen molar-refractivity contribution in [2.75, 3.05) is 19.8 Å². The molecule has 304 valence electrons. The number of carboxylic acid groups (broad SMARTS) is 1. The second-order valence-corrected chi connectivity index (χ2v) is 14.5. The lowest BCUT2D eigenvalue weighted by atomic mass is 10.1. The number of unbranched alkanes of at least 4 members (excludes halogenated alkanes) is 12. The van der Waals surface area contributed by atoms with Gasteiger partial charge in [-0.1, -0.05) is 139 Å². The summed E-state index contributed by atoms with van der Waals surface area (Å²) < 4.78 is 26.7. The molecule has 0 radical (unpaired) electrons. The average molecular weight is 768 g/mol. The second-order valence-electron chi connectivity index (χ2n) is 13.1. The number of carbonyl (C=O) groups is 3. The molecule has 0 saturated carbocycles. The van der Waals surface area contributed by atoms with E-state index in [9.17, 15) is 34.1 Å². The van der Waals surface area contributed by atoms with Crippen LogP contribution in [0.1, 0.15) is 149 Å². The molecule has 3 unspecified atom stereocenters. The third-order valence-electron chi connectivity index (χ3n) is 8.07. The minimum atomic E-state index is -4.76. The fraction of sp³-hybridized carbons (Fsp3) is 0.683. The molecule has 0 aliphatic carbocycles. The van der Waals surface area contributed by atoms with Gasteiger partial charge in [0.25, 0.3) is 0 Å². The fourth-order valence-electron chi connectivity index (χ4n) is 4.99. The van der Waals surface area contributed by atoms with E-state index in [0.29, 0.717) is 12.8 Å². The number of allylic oxidation sites excluding steroid dienone is 10. The number of aliphatic hydroxyl groups excluding tert-OH is 1. The van der Waals surface area contributed by atoms with Crippen LogP contribution < -0.4 is 5.32 Å². The molecule has 0 aromatic heterocycles. The maximum Gasteiger partial charge on any atom is 0.472 e. The van der Waals surface area contributed by atoms with Gasteiger partial charge in [-0.2, -0.15) is 0 Å². The summed E-state index contributed by atoms with van der Waals surface area (Å²) in [4.78, 5) is 45.7. The van der Waals surface area contributed by atoms with Crippen LogP contribution in [0.5, 0.6) is 0 Å². The van der Waals surface area contributed by atoms with Crippen molar-refractivity contribution in [1.82, 2.24) is 5.32 Å². The first-order chi connectivity index (χ1) is 25.6. The lowest BCUT2D eigenvalue weighted by Gasteiger charge is -2.18. The highest BCUT2D eigenvalue weighted by Crippen LogP contribution is 2.43. The molecule has 0 aromatic carbocycles. The van der Waals surface area contributed by atoms with Gasteiger partial charge < -0.3 is 25.2 Å². The van der Waals surface area contributed by atoms with E-state index in [0.717, 1.165) is 70.6 Å². The van der Waals surface area contributed by atoms with Gasteiger partial charge in [0.05, 0.1) is 13.2 Å². The fourth-order valence-corrected chi connectivity index (χ4v) is 5.76. The molecule has 4 N–H and O–H groups in total. The zero-order valence-corrected chi connectivity index (χ0v) is 33.4. The summed E-state index contributed by atoms with van der Waals surface area (Å²) >= 11 is 0. The van der Waals surface area contributed by atoms with E-state index in [4.69, 9.17) is 13.8 Å². The first-order valence-electron chi connectivity index (χ1n) is 19.8. The monoisotopic (exact) mass is 767 g/mol. The molecule has 1 amide bonds. The molecule has 0 fully saturated rings.